The molecule has 0 fully saturated rings. The third-order valence-corrected chi connectivity index (χ3v) is 7.62. The maximum Gasteiger partial charge on any atom is 0.432 e. The largest absolute Gasteiger partial charge is 0.432 e. The Hall–Kier alpha value is -4.16. The van der Waals surface area contributed by atoms with Crippen molar-refractivity contribution in [2.24, 2.45) is 5.92 Å². The summed E-state index contributed by atoms with van der Waals surface area (Å²) in [6.45, 7) is 4.08. The van der Waals surface area contributed by atoms with E-state index in [1.54, 1.807) is 6.07 Å². The Kier molecular flexibility index (Phi) is 10.6. The summed E-state index contributed by atoms with van der Waals surface area (Å²) in [6, 6.07) is 5.35. The predicted octanol–water partition coefficient (Wildman–Crippen LogP) is 11.9. The van der Waals surface area contributed by atoms with Crippen molar-refractivity contribution in [2.75, 3.05) is 0 Å². The lowest BCUT2D eigenvalue weighted by atomic mass is 9.91. The van der Waals surface area contributed by atoms with Crippen molar-refractivity contribution in [3.8, 4) is 28.0 Å². The van der Waals surface area contributed by atoms with Gasteiger partial charge in [-0.1, -0.05) is 51.7 Å². The van der Waals surface area contributed by atoms with E-state index in [4.69, 9.17) is 0 Å². The highest BCUT2D eigenvalue weighted by Gasteiger charge is 2.43. The molecule has 0 aliphatic heterocycles. The molecule has 47 heavy (non-hydrogen) atoms. The number of halogens is 12. The van der Waals surface area contributed by atoms with E-state index in [0.29, 0.717) is 30.0 Å². The van der Waals surface area contributed by atoms with E-state index < -0.39 is 81.0 Å². The molecule has 0 bridgehead atoms. The zero-order valence-electron chi connectivity index (χ0n) is 24.8. The fraction of sp³-hybridized carbons (Fsp3) is 0.294. The summed E-state index contributed by atoms with van der Waals surface area (Å²) < 4.78 is 175. The third-order valence-electron chi connectivity index (χ3n) is 7.62. The highest BCUT2D eigenvalue weighted by Crippen LogP contribution is 2.41. The van der Waals surface area contributed by atoms with E-state index in [1.807, 2.05) is 6.92 Å². The standard InChI is InChI=1S/C34H26F12O/c1-3-5-6-17(4-2)9-18-7-8-22(23(35)10-18)19-11-24(36)30(25(37)12-19)20-13-26(38)32(27(39)14-20)34(45,46)47-21-15-28(40)31(29(41)16-21)33(42,43)44/h7-8,10-17H,3-6,9H2,1-2H3. The van der Waals surface area contributed by atoms with Crippen molar-refractivity contribution < 1.29 is 57.4 Å². The van der Waals surface area contributed by atoms with Gasteiger partial charge in [0.2, 0.25) is 0 Å². The Bertz CT molecular complexity index is 1690. The number of hydrogen-bond acceptors (Lipinski definition) is 1. The summed E-state index contributed by atoms with van der Waals surface area (Å²) in [5, 5.41) is 0. The average Bonchev–Trinajstić information content (AvgIpc) is 2.93. The van der Waals surface area contributed by atoms with Crippen LogP contribution in [0.2, 0.25) is 0 Å². The first kappa shape index (κ1) is 35.7. The summed E-state index contributed by atoms with van der Waals surface area (Å²) in [7, 11) is 0. The minimum absolute atomic E-state index is 0.128. The number of rotatable bonds is 11. The lowest BCUT2D eigenvalue weighted by Crippen LogP contribution is -2.25. The number of ether oxygens (including phenoxy) is 1. The summed E-state index contributed by atoms with van der Waals surface area (Å²) in [5.41, 5.74) is -6.24. The van der Waals surface area contributed by atoms with Crippen LogP contribution in [-0.2, 0) is 18.7 Å². The Morgan fingerprint density at radius 1 is 0.617 bits per heavy atom. The molecule has 252 valence electrons. The molecule has 0 saturated carbocycles. The summed E-state index contributed by atoms with van der Waals surface area (Å²) in [4.78, 5) is 0. The van der Waals surface area contributed by atoms with Crippen LogP contribution in [0.15, 0.2) is 54.6 Å². The Morgan fingerprint density at radius 2 is 1.15 bits per heavy atom. The fourth-order valence-corrected chi connectivity index (χ4v) is 5.27. The molecule has 0 radical (unpaired) electrons. The summed E-state index contributed by atoms with van der Waals surface area (Å²) >= 11 is 0. The Labute approximate surface area is 261 Å². The molecule has 0 spiro atoms. The smallest absolute Gasteiger partial charge is 0.429 e. The van der Waals surface area contributed by atoms with E-state index in [9.17, 15) is 39.5 Å². The molecule has 4 rings (SSSR count). The van der Waals surface area contributed by atoms with Gasteiger partial charge in [-0.25, -0.2) is 30.7 Å². The van der Waals surface area contributed by atoms with E-state index >= 15 is 13.2 Å². The third kappa shape index (κ3) is 7.87. The topological polar surface area (TPSA) is 9.23 Å². The van der Waals surface area contributed by atoms with Gasteiger partial charge < -0.3 is 4.74 Å². The molecular formula is C34H26F12O. The molecule has 0 saturated heterocycles. The van der Waals surface area contributed by atoms with Gasteiger partial charge in [0, 0.05) is 17.7 Å². The monoisotopic (exact) mass is 678 g/mol. The first-order valence-corrected chi connectivity index (χ1v) is 14.4. The van der Waals surface area contributed by atoms with Crippen LogP contribution in [-0.4, -0.2) is 0 Å². The van der Waals surface area contributed by atoms with Gasteiger partial charge in [0.25, 0.3) is 0 Å². The van der Waals surface area contributed by atoms with Gasteiger partial charge in [-0.2, -0.15) is 22.0 Å². The molecule has 0 amide bonds. The Morgan fingerprint density at radius 3 is 1.64 bits per heavy atom. The average molecular weight is 679 g/mol. The molecule has 0 aromatic heterocycles. The first-order chi connectivity index (χ1) is 22.0. The molecule has 1 nitrogen and oxygen atoms in total. The van der Waals surface area contributed by atoms with E-state index in [0.717, 1.165) is 25.7 Å². The SMILES string of the molecule is CCCCC(CC)Cc1ccc(-c2cc(F)c(-c3cc(F)c(C(F)(F)Oc4cc(F)c(C(F)(F)F)c(F)c4)c(F)c3)c(F)c2)c(F)c1. The zero-order chi connectivity index (χ0) is 34.8. The maximum atomic E-state index is 15.2. The molecule has 1 unspecified atom stereocenters. The highest BCUT2D eigenvalue weighted by molar-refractivity contribution is 5.72. The predicted molar refractivity (Wildman–Crippen MR) is 150 cm³/mol. The molecule has 0 aliphatic rings. The first-order valence-electron chi connectivity index (χ1n) is 14.4. The van der Waals surface area contributed by atoms with Crippen LogP contribution in [0.3, 0.4) is 0 Å². The van der Waals surface area contributed by atoms with Gasteiger partial charge in [-0.05, 0) is 59.4 Å². The lowest BCUT2D eigenvalue weighted by molar-refractivity contribution is -0.189. The van der Waals surface area contributed by atoms with Crippen LogP contribution in [0.25, 0.3) is 22.3 Å². The highest BCUT2D eigenvalue weighted by atomic mass is 19.4. The van der Waals surface area contributed by atoms with Gasteiger partial charge in [-0.15, -0.1) is 0 Å². The molecule has 4 aromatic rings. The summed E-state index contributed by atoms with van der Waals surface area (Å²) in [6.07, 6.45) is -6.13. The van der Waals surface area contributed by atoms with Gasteiger partial charge in [0.1, 0.15) is 57.6 Å². The second kappa shape index (κ2) is 13.9. The van der Waals surface area contributed by atoms with E-state index in [1.165, 1.54) is 12.1 Å². The van der Waals surface area contributed by atoms with Gasteiger partial charge >= 0.3 is 12.3 Å². The number of unbranched alkanes of at least 4 members (excludes halogenated alkanes) is 1. The molecule has 1 atom stereocenters. The van der Waals surface area contributed by atoms with Crippen LogP contribution in [0, 0.1) is 46.6 Å². The normalized spacial score (nSPS) is 12.8. The van der Waals surface area contributed by atoms with E-state index in [-0.39, 0.29) is 35.4 Å². The van der Waals surface area contributed by atoms with Gasteiger partial charge in [-0.3, -0.25) is 0 Å². The van der Waals surface area contributed by atoms with Crippen LogP contribution in [0.1, 0.15) is 56.2 Å². The second-order valence-corrected chi connectivity index (χ2v) is 10.9. The molecule has 4 aromatic carbocycles. The zero-order valence-corrected chi connectivity index (χ0v) is 24.8. The summed E-state index contributed by atoms with van der Waals surface area (Å²) in [5.74, 6) is -13.7. The van der Waals surface area contributed by atoms with Crippen molar-refractivity contribution >= 4 is 0 Å². The molecule has 13 heteroatoms. The van der Waals surface area contributed by atoms with Gasteiger partial charge in [0.05, 0.1) is 5.56 Å². The Balaban J connectivity index is 1.63. The van der Waals surface area contributed by atoms with Crippen LogP contribution < -0.4 is 4.74 Å². The molecule has 0 aliphatic carbocycles. The van der Waals surface area contributed by atoms with Crippen molar-refractivity contribution in [3.63, 3.8) is 0 Å². The molecule has 0 N–H and O–H groups in total. The van der Waals surface area contributed by atoms with E-state index in [2.05, 4.69) is 11.7 Å². The number of benzene rings is 4. The van der Waals surface area contributed by atoms with Crippen molar-refractivity contribution in [2.45, 2.75) is 58.2 Å². The molecular weight excluding hydrogens is 652 g/mol. The van der Waals surface area contributed by atoms with Crippen molar-refractivity contribution in [3.05, 3.63) is 112 Å². The fourth-order valence-electron chi connectivity index (χ4n) is 5.27. The van der Waals surface area contributed by atoms with Crippen LogP contribution in [0.4, 0.5) is 52.7 Å². The quantitative estimate of drug-likeness (QED) is 0.144. The number of hydrogen-bond donors (Lipinski definition) is 0. The molecule has 0 heterocycles. The minimum atomic E-state index is -5.53. The van der Waals surface area contributed by atoms with Crippen molar-refractivity contribution in [1.29, 1.82) is 0 Å². The lowest BCUT2D eigenvalue weighted by Gasteiger charge is -2.21. The van der Waals surface area contributed by atoms with Crippen molar-refractivity contribution in [1.82, 2.24) is 0 Å². The maximum absolute atomic E-state index is 15.2. The minimum Gasteiger partial charge on any atom is -0.429 e. The van der Waals surface area contributed by atoms with Crippen LogP contribution >= 0.6 is 0 Å². The number of alkyl halides is 5. The van der Waals surface area contributed by atoms with Gasteiger partial charge in [0.15, 0.2) is 0 Å². The second-order valence-electron chi connectivity index (χ2n) is 10.9. The van der Waals surface area contributed by atoms with Crippen LogP contribution in [0.5, 0.6) is 5.75 Å².